The summed E-state index contributed by atoms with van der Waals surface area (Å²) >= 11 is 0. The minimum Gasteiger partial charge on any atom is -0.488 e. The van der Waals surface area contributed by atoms with E-state index in [1.54, 1.807) is 0 Å². The molecule has 2 atom stereocenters. The summed E-state index contributed by atoms with van der Waals surface area (Å²) in [4.78, 5) is 14.7. The van der Waals surface area contributed by atoms with E-state index < -0.39 is 0 Å². The van der Waals surface area contributed by atoms with E-state index in [0.29, 0.717) is 6.42 Å². The van der Waals surface area contributed by atoms with E-state index in [1.165, 1.54) is 5.39 Å². The summed E-state index contributed by atoms with van der Waals surface area (Å²) in [6, 6.07) is 16.1. The van der Waals surface area contributed by atoms with E-state index in [9.17, 15) is 4.79 Å². The Morgan fingerprint density at radius 2 is 2.04 bits per heavy atom. The van der Waals surface area contributed by atoms with Gasteiger partial charge in [0.05, 0.1) is 23.5 Å². The molecule has 2 N–H and O–H groups in total. The molecular weight excluding hydrogens is 288 g/mol. The summed E-state index contributed by atoms with van der Waals surface area (Å²) in [5.74, 6) is 0.802. The number of aromatic nitrogens is 1. The van der Waals surface area contributed by atoms with Gasteiger partial charge in [-0.25, -0.2) is 0 Å². The first-order chi connectivity index (χ1) is 11.2. The minimum absolute atomic E-state index is 0.0236. The van der Waals surface area contributed by atoms with Gasteiger partial charge in [0.1, 0.15) is 6.29 Å². The van der Waals surface area contributed by atoms with Crippen LogP contribution in [0.25, 0.3) is 22.2 Å². The first kappa shape index (κ1) is 13.9. The number of para-hydroxylation sites is 2. The molecule has 0 spiro atoms. The average Bonchev–Trinajstić information content (AvgIpc) is 2.91. The van der Waals surface area contributed by atoms with Gasteiger partial charge < -0.3 is 19.8 Å². The van der Waals surface area contributed by atoms with Crippen LogP contribution in [0.1, 0.15) is 13.3 Å². The Morgan fingerprint density at radius 3 is 2.87 bits per heavy atom. The summed E-state index contributed by atoms with van der Waals surface area (Å²) in [7, 11) is 0. The van der Waals surface area contributed by atoms with Crippen LogP contribution in [-0.4, -0.2) is 23.4 Å². The topological polar surface area (TPSA) is 54.1 Å². The molecule has 4 heteroatoms. The number of benzene rings is 2. The molecule has 23 heavy (non-hydrogen) atoms. The fraction of sp³-hybridized carbons (Fsp3) is 0.211. The number of fused-ring (bicyclic) bond motifs is 2. The zero-order valence-electron chi connectivity index (χ0n) is 12.9. The molecule has 116 valence electrons. The van der Waals surface area contributed by atoms with Crippen molar-refractivity contribution in [3.8, 4) is 17.0 Å². The van der Waals surface area contributed by atoms with Crippen LogP contribution in [0.5, 0.6) is 5.75 Å². The second-order valence-corrected chi connectivity index (χ2v) is 6.00. The van der Waals surface area contributed by atoms with Crippen LogP contribution in [-0.2, 0) is 4.79 Å². The lowest BCUT2D eigenvalue weighted by molar-refractivity contribution is -0.108. The molecule has 0 amide bonds. The number of hydrogen-bond donors (Lipinski definition) is 2. The smallest absolute Gasteiger partial charge is 0.152 e. The zero-order valence-corrected chi connectivity index (χ0v) is 12.9. The van der Waals surface area contributed by atoms with Crippen molar-refractivity contribution in [2.75, 3.05) is 5.32 Å². The molecule has 0 fully saturated rings. The van der Waals surface area contributed by atoms with Crippen LogP contribution in [0.4, 0.5) is 5.69 Å². The molecule has 4 rings (SSSR count). The lowest BCUT2D eigenvalue weighted by atomic mass is 10.1. The first-order valence-electron chi connectivity index (χ1n) is 7.84. The summed E-state index contributed by atoms with van der Waals surface area (Å²) in [5.41, 5.74) is 3.98. The number of aldehydes is 1. The van der Waals surface area contributed by atoms with Crippen LogP contribution in [0.3, 0.4) is 0 Å². The predicted molar refractivity (Wildman–Crippen MR) is 91.9 cm³/mol. The Hall–Kier alpha value is -2.75. The van der Waals surface area contributed by atoms with E-state index in [1.807, 2.05) is 37.3 Å². The largest absolute Gasteiger partial charge is 0.488 e. The van der Waals surface area contributed by atoms with Crippen molar-refractivity contribution in [2.45, 2.75) is 25.5 Å². The number of carbonyl (C=O) groups excluding carboxylic acids is 1. The maximum Gasteiger partial charge on any atom is 0.152 e. The van der Waals surface area contributed by atoms with Gasteiger partial charge in [0.2, 0.25) is 0 Å². The number of carbonyl (C=O) groups is 1. The molecule has 2 heterocycles. The Morgan fingerprint density at radius 1 is 1.17 bits per heavy atom. The van der Waals surface area contributed by atoms with Gasteiger partial charge in [0.15, 0.2) is 5.75 Å². The van der Waals surface area contributed by atoms with Crippen molar-refractivity contribution in [3.05, 3.63) is 48.5 Å². The highest BCUT2D eigenvalue weighted by Gasteiger charge is 2.23. The molecule has 3 aromatic rings. The third kappa shape index (κ3) is 2.46. The summed E-state index contributed by atoms with van der Waals surface area (Å²) in [6.07, 6.45) is 1.58. The third-order valence-corrected chi connectivity index (χ3v) is 4.25. The van der Waals surface area contributed by atoms with Crippen LogP contribution < -0.4 is 10.1 Å². The van der Waals surface area contributed by atoms with Crippen molar-refractivity contribution in [1.82, 2.24) is 4.98 Å². The number of hydrogen-bond acceptors (Lipinski definition) is 3. The molecule has 0 bridgehead atoms. The van der Waals surface area contributed by atoms with Gasteiger partial charge in [-0.05, 0) is 31.2 Å². The molecule has 1 aliphatic rings. The van der Waals surface area contributed by atoms with Gasteiger partial charge in [0.25, 0.3) is 0 Å². The second kappa shape index (κ2) is 5.47. The maximum atomic E-state index is 11.2. The van der Waals surface area contributed by atoms with E-state index >= 15 is 0 Å². The van der Waals surface area contributed by atoms with E-state index in [2.05, 4.69) is 28.5 Å². The Labute approximate surface area is 134 Å². The Balaban J connectivity index is 1.85. The SMILES string of the molecule is C[C@@H]1CC(C=O)Nc2cccc(-c3cc4ccccc4[nH]3)c2O1. The lowest BCUT2D eigenvalue weighted by Crippen LogP contribution is -2.24. The van der Waals surface area contributed by atoms with Gasteiger partial charge in [-0.15, -0.1) is 0 Å². The molecule has 1 unspecified atom stereocenters. The highest BCUT2D eigenvalue weighted by molar-refractivity contribution is 5.89. The number of anilines is 1. The molecular formula is C19H18N2O2. The highest BCUT2D eigenvalue weighted by Crippen LogP contribution is 2.40. The van der Waals surface area contributed by atoms with Crippen molar-refractivity contribution in [1.29, 1.82) is 0 Å². The highest BCUT2D eigenvalue weighted by atomic mass is 16.5. The standard InChI is InChI=1S/C19H18N2O2/c1-12-9-14(11-22)20-17-8-4-6-15(19(17)23-12)18-10-13-5-2-3-7-16(13)21-18/h2-8,10-12,14,20-21H,9H2,1H3/t12-,14?/m1/s1. The molecule has 2 aromatic carbocycles. The van der Waals surface area contributed by atoms with Gasteiger partial charge in [-0.3, -0.25) is 0 Å². The van der Waals surface area contributed by atoms with E-state index in [4.69, 9.17) is 4.74 Å². The fourth-order valence-corrected chi connectivity index (χ4v) is 3.16. The number of H-pyrrole nitrogens is 1. The zero-order chi connectivity index (χ0) is 15.8. The Bertz CT molecular complexity index is 836. The van der Waals surface area contributed by atoms with Crippen molar-refractivity contribution in [3.63, 3.8) is 0 Å². The number of rotatable bonds is 2. The lowest BCUT2D eigenvalue weighted by Gasteiger charge is -2.15. The van der Waals surface area contributed by atoms with Gasteiger partial charge >= 0.3 is 0 Å². The van der Waals surface area contributed by atoms with Crippen LogP contribution >= 0.6 is 0 Å². The first-order valence-corrected chi connectivity index (χ1v) is 7.84. The molecule has 0 saturated carbocycles. The summed E-state index contributed by atoms with van der Waals surface area (Å²) in [5, 5.41) is 4.44. The maximum absolute atomic E-state index is 11.2. The molecule has 0 saturated heterocycles. The van der Waals surface area contributed by atoms with Gasteiger partial charge in [0, 0.05) is 22.9 Å². The molecule has 0 radical (unpaired) electrons. The van der Waals surface area contributed by atoms with E-state index in [0.717, 1.165) is 34.5 Å². The second-order valence-electron chi connectivity index (χ2n) is 6.00. The van der Waals surface area contributed by atoms with Gasteiger partial charge in [-0.2, -0.15) is 0 Å². The third-order valence-electron chi connectivity index (χ3n) is 4.25. The molecule has 4 nitrogen and oxygen atoms in total. The van der Waals surface area contributed by atoms with E-state index in [-0.39, 0.29) is 12.1 Å². The minimum atomic E-state index is -0.218. The molecule has 1 aromatic heterocycles. The number of aromatic amines is 1. The Kier molecular flexibility index (Phi) is 3.30. The fourth-order valence-electron chi connectivity index (χ4n) is 3.16. The van der Waals surface area contributed by atoms with Crippen molar-refractivity contribution >= 4 is 22.9 Å². The molecule has 0 aliphatic carbocycles. The van der Waals surface area contributed by atoms with Crippen molar-refractivity contribution in [2.24, 2.45) is 0 Å². The quantitative estimate of drug-likeness (QED) is 0.704. The van der Waals surface area contributed by atoms with Crippen LogP contribution in [0.2, 0.25) is 0 Å². The van der Waals surface area contributed by atoms with Crippen molar-refractivity contribution < 1.29 is 9.53 Å². The molecule has 1 aliphatic heterocycles. The van der Waals surface area contributed by atoms with Gasteiger partial charge in [-0.1, -0.05) is 24.3 Å². The number of ether oxygens (including phenoxy) is 1. The summed E-state index contributed by atoms with van der Waals surface area (Å²) in [6.45, 7) is 2.00. The van der Waals surface area contributed by atoms with Crippen LogP contribution in [0.15, 0.2) is 48.5 Å². The predicted octanol–water partition coefficient (Wildman–Crippen LogP) is 3.99. The normalized spacial score (nSPS) is 20.2. The monoisotopic (exact) mass is 306 g/mol. The van der Waals surface area contributed by atoms with Crippen LogP contribution in [0, 0.1) is 0 Å². The summed E-state index contributed by atoms with van der Waals surface area (Å²) < 4.78 is 6.13. The average molecular weight is 306 g/mol. The number of nitrogens with one attached hydrogen (secondary N) is 2.